The number of carbonyl (C=O) groups is 1. The van der Waals surface area contributed by atoms with Gasteiger partial charge in [-0.15, -0.1) is 0 Å². The van der Waals surface area contributed by atoms with E-state index in [9.17, 15) is 19.3 Å². The third kappa shape index (κ3) is 3.10. The molecule has 0 saturated carbocycles. The summed E-state index contributed by atoms with van der Waals surface area (Å²) in [6, 6.07) is 8.86. The molecule has 5 nitrogen and oxygen atoms in total. The third-order valence-electron chi connectivity index (χ3n) is 2.49. The van der Waals surface area contributed by atoms with Gasteiger partial charge in [0.2, 0.25) is 0 Å². The molecule has 0 saturated heterocycles. The van der Waals surface area contributed by atoms with E-state index in [1.807, 2.05) is 0 Å². The normalized spacial score (nSPS) is 10.1. The first-order chi connectivity index (χ1) is 9.47. The molecular formula is C13H8ClFN2O3. The summed E-state index contributed by atoms with van der Waals surface area (Å²) in [6.45, 7) is 0. The number of carbonyl (C=O) groups excluding carboxylic acids is 1. The molecule has 0 heterocycles. The fourth-order valence-corrected chi connectivity index (χ4v) is 1.83. The van der Waals surface area contributed by atoms with Gasteiger partial charge < -0.3 is 5.32 Å². The maximum Gasteiger partial charge on any atom is 0.270 e. The lowest BCUT2D eigenvalue weighted by Crippen LogP contribution is -2.12. The van der Waals surface area contributed by atoms with Gasteiger partial charge in [-0.2, -0.15) is 0 Å². The van der Waals surface area contributed by atoms with E-state index < -0.39 is 16.6 Å². The molecule has 0 aliphatic carbocycles. The summed E-state index contributed by atoms with van der Waals surface area (Å²) in [6.07, 6.45) is 0. The van der Waals surface area contributed by atoms with Crippen LogP contribution in [0.1, 0.15) is 10.4 Å². The number of nitro benzene ring substituents is 1. The number of rotatable bonds is 3. The number of anilines is 1. The largest absolute Gasteiger partial charge is 0.322 e. The van der Waals surface area contributed by atoms with Crippen LogP contribution >= 0.6 is 11.6 Å². The van der Waals surface area contributed by atoms with Crippen LogP contribution in [0.5, 0.6) is 0 Å². The zero-order valence-corrected chi connectivity index (χ0v) is 10.7. The molecule has 0 aliphatic rings. The Morgan fingerprint density at radius 1 is 1.25 bits per heavy atom. The van der Waals surface area contributed by atoms with Crippen LogP contribution in [0, 0.1) is 15.9 Å². The van der Waals surface area contributed by atoms with Crippen molar-refractivity contribution in [2.75, 3.05) is 5.32 Å². The fraction of sp³-hybridized carbons (Fsp3) is 0. The quantitative estimate of drug-likeness (QED) is 0.694. The standard InChI is InChI=1S/C13H8ClFN2O3/c14-12-7-10(17(19)20)4-5-11(12)13(18)16-9-3-1-2-8(15)6-9/h1-7H,(H,16,18). The molecule has 0 unspecified atom stereocenters. The summed E-state index contributed by atoms with van der Waals surface area (Å²) in [5.41, 5.74) is 0.128. The van der Waals surface area contributed by atoms with Crippen molar-refractivity contribution in [3.05, 3.63) is 69.0 Å². The Balaban J connectivity index is 2.23. The van der Waals surface area contributed by atoms with Crippen molar-refractivity contribution in [1.82, 2.24) is 0 Å². The number of nitrogens with zero attached hydrogens (tertiary/aromatic N) is 1. The molecule has 0 bridgehead atoms. The van der Waals surface area contributed by atoms with Crippen LogP contribution < -0.4 is 5.32 Å². The first kappa shape index (κ1) is 14.0. The van der Waals surface area contributed by atoms with Crippen molar-refractivity contribution in [2.45, 2.75) is 0 Å². The number of benzene rings is 2. The van der Waals surface area contributed by atoms with E-state index in [4.69, 9.17) is 11.6 Å². The third-order valence-corrected chi connectivity index (χ3v) is 2.80. The predicted molar refractivity (Wildman–Crippen MR) is 72.5 cm³/mol. The highest BCUT2D eigenvalue weighted by molar-refractivity contribution is 6.34. The SMILES string of the molecule is O=C(Nc1cccc(F)c1)c1ccc([N+](=O)[O-])cc1Cl. The van der Waals surface area contributed by atoms with Gasteiger partial charge in [-0.1, -0.05) is 17.7 Å². The lowest BCUT2D eigenvalue weighted by atomic mass is 10.2. The van der Waals surface area contributed by atoms with E-state index in [1.54, 1.807) is 0 Å². The van der Waals surface area contributed by atoms with Gasteiger partial charge >= 0.3 is 0 Å². The molecule has 20 heavy (non-hydrogen) atoms. The fourth-order valence-electron chi connectivity index (χ4n) is 1.57. The molecule has 0 atom stereocenters. The second-order valence-corrected chi connectivity index (χ2v) is 4.29. The van der Waals surface area contributed by atoms with Crippen molar-refractivity contribution >= 4 is 28.9 Å². The van der Waals surface area contributed by atoms with Crippen LogP contribution in [0.3, 0.4) is 0 Å². The van der Waals surface area contributed by atoms with Gasteiger partial charge in [-0.3, -0.25) is 14.9 Å². The van der Waals surface area contributed by atoms with Gasteiger partial charge in [0.15, 0.2) is 0 Å². The van der Waals surface area contributed by atoms with Crippen LogP contribution in [0.2, 0.25) is 5.02 Å². The first-order valence-electron chi connectivity index (χ1n) is 5.48. The van der Waals surface area contributed by atoms with Crippen molar-refractivity contribution in [1.29, 1.82) is 0 Å². The van der Waals surface area contributed by atoms with Gasteiger partial charge in [-0.25, -0.2) is 4.39 Å². The minimum atomic E-state index is -0.611. The Morgan fingerprint density at radius 3 is 2.60 bits per heavy atom. The minimum Gasteiger partial charge on any atom is -0.322 e. The molecular weight excluding hydrogens is 287 g/mol. The van der Waals surface area contributed by atoms with E-state index in [2.05, 4.69) is 5.32 Å². The molecule has 0 spiro atoms. The molecule has 0 fully saturated rings. The zero-order chi connectivity index (χ0) is 14.7. The second-order valence-electron chi connectivity index (χ2n) is 3.89. The topological polar surface area (TPSA) is 72.2 Å². The smallest absolute Gasteiger partial charge is 0.270 e. The van der Waals surface area contributed by atoms with E-state index >= 15 is 0 Å². The summed E-state index contributed by atoms with van der Waals surface area (Å²) in [5.74, 6) is -1.06. The minimum absolute atomic E-state index is 0.0481. The first-order valence-corrected chi connectivity index (χ1v) is 5.86. The van der Waals surface area contributed by atoms with Crippen LogP contribution in [0.4, 0.5) is 15.8 Å². The van der Waals surface area contributed by atoms with E-state index in [1.165, 1.54) is 30.3 Å². The lowest BCUT2D eigenvalue weighted by molar-refractivity contribution is -0.384. The molecule has 0 aromatic heterocycles. The van der Waals surface area contributed by atoms with Crippen molar-refractivity contribution in [3.8, 4) is 0 Å². The highest BCUT2D eigenvalue weighted by atomic mass is 35.5. The molecule has 7 heteroatoms. The van der Waals surface area contributed by atoms with Crippen molar-refractivity contribution in [3.63, 3.8) is 0 Å². The summed E-state index contributed by atoms with van der Waals surface area (Å²) in [7, 11) is 0. The molecule has 2 rings (SSSR count). The summed E-state index contributed by atoms with van der Waals surface area (Å²) < 4.78 is 13.0. The number of amides is 1. The Bertz CT molecular complexity index is 691. The Labute approximate surface area is 118 Å². The van der Waals surface area contributed by atoms with Gasteiger partial charge in [0.1, 0.15) is 5.82 Å². The molecule has 0 radical (unpaired) electrons. The molecule has 1 N–H and O–H groups in total. The van der Waals surface area contributed by atoms with E-state index in [0.717, 1.165) is 12.1 Å². The average molecular weight is 295 g/mol. The van der Waals surface area contributed by atoms with Gasteiger partial charge in [0, 0.05) is 17.8 Å². The maximum atomic E-state index is 13.0. The summed E-state index contributed by atoms with van der Waals surface area (Å²) in [5, 5.41) is 13.0. The predicted octanol–water partition coefficient (Wildman–Crippen LogP) is 3.64. The molecule has 1 amide bonds. The number of hydrogen-bond acceptors (Lipinski definition) is 3. The van der Waals surface area contributed by atoms with E-state index in [0.29, 0.717) is 0 Å². The van der Waals surface area contributed by atoms with Crippen LogP contribution in [-0.4, -0.2) is 10.8 Å². The van der Waals surface area contributed by atoms with Crippen molar-refractivity contribution < 1.29 is 14.1 Å². The van der Waals surface area contributed by atoms with Gasteiger partial charge in [-0.05, 0) is 24.3 Å². The number of nitro groups is 1. The van der Waals surface area contributed by atoms with Crippen molar-refractivity contribution in [2.24, 2.45) is 0 Å². The second kappa shape index (κ2) is 5.66. The monoisotopic (exact) mass is 294 g/mol. The van der Waals surface area contributed by atoms with Gasteiger partial charge in [0.05, 0.1) is 15.5 Å². The van der Waals surface area contributed by atoms with Crippen LogP contribution in [0.25, 0.3) is 0 Å². The lowest BCUT2D eigenvalue weighted by Gasteiger charge is -2.06. The summed E-state index contributed by atoms with van der Waals surface area (Å²) in [4.78, 5) is 21.9. The molecule has 2 aromatic carbocycles. The summed E-state index contributed by atoms with van der Waals surface area (Å²) >= 11 is 5.83. The van der Waals surface area contributed by atoms with Crippen LogP contribution in [0.15, 0.2) is 42.5 Å². The van der Waals surface area contributed by atoms with Crippen LogP contribution in [-0.2, 0) is 0 Å². The number of hydrogen-bond donors (Lipinski definition) is 1. The highest BCUT2D eigenvalue weighted by Gasteiger charge is 2.15. The Morgan fingerprint density at radius 2 is 2.00 bits per heavy atom. The average Bonchev–Trinajstić information content (AvgIpc) is 2.38. The maximum absolute atomic E-state index is 13.0. The molecule has 0 aliphatic heterocycles. The number of halogens is 2. The molecule has 2 aromatic rings. The zero-order valence-electron chi connectivity index (χ0n) is 9.97. The highest BCUT2D eigenvalue weighted by Crippen LogP contribution is 2.23. The Kier molecular flexibility index (Phi) is 3.95. The Hall–Kier alpha value is -2.47. The number of nitrogens with one attached hydrogen (secondary N) is 1. The van der Waals surface area contributed by atoms with Gasteiger partial charge in [0.25, 0.3) is 11.6 Å². The van der Waals surface area contributed by atoms with E-state index in [-0.39, 0.29) is 22.0 Å². The number of non-ortho nitro benzene ring substituents is 1. The molecule has 102 valence electrons.